The molecule has 0 spiro atoms. The Balaban J connectivity index is 1.40. The topological polar surface area (TPSA) is 68.4 Å². The summed E-state index contributed by atoms with van der Waals surface area (Å²) < 4.78 is 9.41. The summed E-state index contributed by atoms with van der Waals surface area (Å²) in [6.45, 7) is 2.02. The van der Waals surface area contributed by atoms with E-state index in [2.05, 4.69) is 59.2 Å². The fraction of sp³-hybridized carbons (Fsp3) is 0.464. The zero-order chi connectivity index (χ0) is 25.0. The minimum atomic E-state index is 0.0167. The molecule has 1 aliphatic heterocycles. The Morgan fingerprint density at radius 2 is 1.83 bits per heavy atom. The highest BCUT2D eigenvalue weighted by molar-refractivity contribution is 6.04. The average Bonchev–Trinajstić information content (AvgIpc) is 3.13. The van der Waals surface area contributed by atoms with Crippen molar-refractivity contribution in [3.8, 4) is 11.1 Å². The summed E-state index contributed by atoms with van der Waals surface area (Å²) in [5.41, 5.74) is 4.88. The number of rotatable bonds is 5. The van der Waals surface area contributed by atoms with E-state index in [9.17, 15) is 4.79 Å². The highest BCUT2D eigenvalue weighted by Crippen LogP contribution is 2.35. The molecule has 4 heterocycles. The van der Waals surface area contributed by atoms with Crippen molar-refractivity contribution >= 4 is 27.8 Å². The van der Waals surface area contributed by atoms with E-state index in [-0.39, 0.29) is 17.8 Å². The van der Waals surface area contributed by atoms with Gasteiger partial charge >= 0.3 is 5.69 Å². The SMILES string of the molecule is CO[C@@H]1CCC[C@H](n2c(=O)n(C)c3cnc4ccc(-c5ccc(N6CC(N(C)C)C6)nc5)cc4c32)C1. The predicted octanol–water partition coefficient (Wildman–Crippen LogP) is 3.83. The second-order valence-electron chi connectivity index (χ2n) is 10.5. The van der Waals surface area contributed by atoms with Crippen LogP contribution in [0.4, 0.5) is 5.82 Å². The molecule has 0 bridgehead atoms. The van der Waals surface area contributed by atoms with Crippen LogP contribution in [0.15, 0.2) is 47.5 Å². The van der Waals surface area contributed by atoms with Crippen molar-refractivity contribution in [2.75, 3.05) is 39.2 Å². The summed E-state index contributed by atoms with van der Waals surface area (Å²) in [6, 6.07) is 11.3. The van der Waals surface area contributed by atoms with E-state index < -0.39 is 0 Å². The number of aryl methyl sites for hydroxylation is 1. The van der Waals surface area contributed by atoms with E-state index in [1.807, 2.05) is 24.0 Å². The standard InChI is InChI=1S/C28H34N6O2/c1-31(2)21-16-33(17-21)26-11-9-19(14-30-26)18-8-10-24-23(12-18)27-25(15-29-24)32(3)28(35)34(27)20-6-5-7-22(13-20)36-4/h8-12,14-15,20-22H,5-7,13,16-17H2,1-4H3/t20-,22+/m0/s1. The van der Waals surface area contributed by atoms with Crippen molar-refractivity contribution in [3.63, 3.8) is 0 Å². The second kappa shape index (κ2) is 9.01. The van der Waals surface area contributed by atoms with Crippen molar-refractivity contribution in [1.29, 1.82) is 0 Å². The average molecular weight is 487 g/mol. The summed E-state index contributed by atoms with van der Waals surface area (Å²) in [4.78, 5) is 27.4. The van der Waals surface area contributed by atoms with E-state index in [0.29, 0.717) is 6.04 Å². The highest BCUT2D eigenvalue weighted by Gasteiger charge is 2.29. The summed E-state index contributed by atoms with van der Waals surface area (Å²) in [5.74, 6) is 1.02. The van der Waals surface area contributed by atoms with Crippen LogP contribution in [-0.2, 0) is 11.8 Å². The van der Waals surface area contributed by atoms with Gasteiger partial charge in [-0.1, -0.05) is 6.07 Å². The first kappa shape index (κ1) is 23.2. The van der Waals surface area contributed by atoms with Crippen molar-refractivity contribution < 1.29 is 4.74 Å². The maximum absolute atomic E-state index is 13.4. The molecule has 1 aliphatic carbocycles. The molecule has 0 radical (unpaired) electrons. The number of ether oxygens (including phenoxy) is 1. The number of hydrogen-bond acceptors (Lipinski definition) is 6. The molecule has 0 unspecified atom stereocenters. The Morgan fingerprint density at radius 1 is 1.03 bits per heavy atom. The number of benzene rings is 1. The third-order valence-corrected chi connectivity index (χ3v) is 8.21. The Bertz CT molecular complexity index is 1470. The quantitative estimate of drug-likeness (QED) is 0.427. The minimum Gasteiger partial charge on any atom is -0.381 e. The molecule has 0 amide bonds. The number of anilines is 1. The first-order valence-corrected chi connectivity index (χ1v) is 12.8. The molecule has 8 nitrogen and oxygen atoms in total. The third kappa shape index (κ3) is 3.79. The molecule has 2 fully saturated rings. The molecule has 0 N–H and O–H groups in total. The van der Waals surface area contributed by atoms with Crippen LogP contribution < -0.4 is 10.6 Å². The molecule has 3 aromatic heterocycles. The van der Waals surface area contributed by atoms with Gasteiger partial charge in [0.15, 0.2) is 0 Å². The van der Waals surface area contributed by atoms with Crippen molar-refractivity contribution in [3.05, 3.63) is 53.2 Å². The lowest BCUT2D eigenvalue weighted by atomic mass is 9.92. The van der Waals surface area contributed by atoms with E-state index in [1.165, 1.54) is 0 Å². The number of fused-ring (bicyclic) bond motifs is 3. The molecule has 8 heteroatoms. The minimum absolute atomic E-state index is 0.0167. The van der Waals surface area contributed by atoms with E-state index in [0.717, 1.165) is 77.7 Å². The van der Waals surface area contributed by atoms with Gasteiger partial charge in [0.05, 0.1) is 28.9 Å². The van der Waals surface area contributed by atoms with Crippen LogP contribution in [0.3, 0.4) is 0 Å². The highest BCUT2D eigenvalue weighted by atomic mass is 16.5. The normalized spacial score (nSPS) is 21.0. The monoisotopic (exact) mass is 486 g/mol. The van der Waals surface area contributed by atoms with Gasteiger partial charge in [-0.2, -0.15) is 0 Å². The molecule has 188 valence electrons. The molecule has 6 rings (SSSR count). The van der Waals surface area contributed by atoms with Crippen LogP contribution in [0.2, 0.25) is 0 Å². The number of likely N-dealkylation sites (N-methyl/N-ethyl adjacent to an activating group) is 1. The number of methoxy groups -OCH3 is 1. The van der Waals surface area contributed by atoms with E-state index >= 15 is 0 Å². The van der Waals surface area contributed by atoms with Crippen molar-refractivity contribution in [2.24, 2.45) is 7.05 Å². The largest absolute Gasteiger partial charge is 0.381 e. The van der Waals surface area contributed by atoms with Gasteiger partial charge in [0, 0.05) is 56.5 Å². The lowest BCUT2D eigenvalue weighted by Crippen LogP contribution is -2.57. The van der Waals surface area contributed by atoms with Gasteiger partial charge in [-0.3, -0.25) is 14.1 Å². The maximum Gasteiger partial charge on any atom is 0.329 e. The summed E-state index contributed by atoms with van der Waals surface area (Å²) in [7, 11) is 7.86. The van der Waals surface area contributed by atoms with Gasteiger partial charge in [-0.15, -0.1) is 0 Å². The Morgan fingerprint density at radius 3 is 2.56 bits per heavy atom. The molecule has 2 aliphatic rings. The van der Waals surface area contributed by atoms with Crippen LogP contribution in [-0.4, -0.2) is 70.4 Å². The van der Waals surface area contributed by atoms with Crippen LogP contribution >= 0.6 is 0 Å². The molecule has 4 aromatic rings. The van der Waals surface area contributed by atoms with Crippen molar-refractivity contribution in [2.45, 2.75) is 43.9 Å². The first-order valence-electron chi connectivity index (χ1n) is 12.8. The zero-order valence-electron chi connectivity index (χ0n) is 21.5. The van der Waals surface area contributed by atoms with Gasteiger partial charge in [-0.05, 0) is 69.6 Å². The smallest absolute Gasteiger partial charge is 0.329 e. The number of hydrogen-bond donors (Lipinski definition) is 0. The molecular formula is C28H34N6O2. The van der Waals surface area contributed by atoms with Crippen LogP contribution in [0, 0.1) is 0 Å². The fourth-order valence-corrected chi connectivity index (χ4v) is 5.83. The van der Waals surface area contributed by atoms with E-state index in [4.69, 9.17) is 9.72 Å². The van der Waals surface area contributed by atoms with E-state index in [1.54, 1.807) is 11.7 Å². The molecule has 1 aromatic carbocycles. The van der Waals surface area contributed by atoms with Gasteiger partial charge < -0.3 is 14.5 Å². The molecular weight excluding hydrogens is 452 g/mol. The van der Waals surface area contributed by atoms with Crippen molar-refractivity contribution in [1.82, 2.24) is 24.0 Å². The predicted molar refractivity (Wildman–Crippen MR) is 144 cm³/mol. The Kier molecular flexibility index (Phi) is 5.80. The van der Waals surface area contributed by atoms with Gasteiger partial charge in [-0.25, -0.2) is 9.78 Å². The number of pyridine rings is 2. The Hall–Kier alpha value is -3.23. The van der Waals surface area contributed by atoms with Crippen LogP contribution in [0.25, 0.3) is 33.1 Å². The zero-order valence-corrected chi connectivity index (χ0v) is 21.5. The van der Waals surface area contributed by atoms with Crippen LogP contribution in [0.5, 0.6) is 0 Å². The summed E-state index contributed by atoms with van der Waals surface area (Å²) in [6.07, 6.45) is 7.93. The Labute approximate surface area is 211 Å². The van der Waals surface area contributed by atoms with Gasteiger partial charge in [0.25, 0.3) is 0 Å². The molecule has 2 atom stereocenters. The fourth-order valence-electron chi connectivity index (χ4n) is 5.83. The molecule has 1 saturated heterocycles. The van der Waals surface area contributed by atoms with Crippen LogP contribution in [0.1, 0.15) is 31.7 Å². The summed E-state index contributed by atoms with van der Waals surface area (Å²) in [5, 5.41) is 1.00. The maximum atomic E-state index is 13.4. The van der Waals surface area contributed by atoms with Gasteiger partial charge in [0.1, 0.15) is 5.82 Å². The summed E-state index contributed by atoms with van der Waals surface area (Å²) >= 11 is 0. The number of nitrogens with zero attached hydrogens (tertiary/aromatic N) is 6. The molecule has 1 saturated carbocycles. The lowest BCUT2D eigenvalue weighted by Gasteiger charge is -2.43. The third-order valence-electron chi connectivity index (χ3n) is 8.21. The van der Waals surface area contributed by atoms with Gasteiger partial charge in [0.2, 0.25) is 0 Å². The second-order valence-corrected chi connectivity index (χ2v) is 10.5. The first-order chi connectivity index (χ1) is 17.4. The molecule has 36 heavy (non-hydrogen) atoms. The number of imidazole rings is 1. The lowest BCUT2D eigenvalue weighted by molar-refractivity contribution is 0.0531. The number of aromatic nitrogens is 4.